The van der Waals surface area contributed by atoms with E-state index in [0.717, 1.165) is 38.0 Å². The average molecular weight is 239 g/mol. The molecular weight excluding hydrogens is 210 g/mol. The van der Waals surface area contributed by atoms with Crippen molar-refractivity contribution in [3.63, 3.8) is 0 Å². The smallest absolute Gasteiger partial charge is 0.0591 e. The molecule has 2 unspecified atom stereocenters. The Labute approximate surface area is 107 Å². The second-order valence-corrected chi connectivity index (χ2v) is 5.44. The van der Waals surface area contributed by atoms with Crippen molar-refractivity contribution >= 4 is 0 Å². The molecule has 0 amide bonds. The van der Waals surface area contributed by atoms with Crippen molar-refractivity contribution in [2.24, 2.45) is 11.8 Å². The monoisotopic (exact) mass is 239 g/mol. The molecule has 0 aliphatic heterocycles. The van der Waals surface area contributed by atoms with E-state index in [1.807, 2.05) is 6.08 Å². The van der Waals surface area contributed by atoms with E-state index in [9.17, 15) is 0 Å². The number of hydrogen-bond donors (Lipinski definition) is 1. The van der Waals surface area contributed by atoms with E-state index in [1.165, 1.54) is 25.7 Å². The maximum Gasteiger partial charge on any atom is 0.0591 e. The molecule has 0 aromatic heterocycles. The topological polar surface area (TPSA) is 21.3 Å². The Morgan fingerprint density at radius 3 is 2.76 bits per heavy atom. The molecule has 1 aliphatic rings. The Hall–Kier alpha value is -0.340. The van der Waals surface area contributed by atoms with Crippen molar-refractivity contribution in [2.75, 3.05) is 19.8 Å². The average Bonchev–Trinajstić information content (AvgIpc) is 2.34. The van der Waals surface area contributed by atoms with E-state index in [1.54, 1.807) is 0 Å². The highest BCUT2D eigenvalue weighted by Crippen LogP contribution is 2.29. The zero-order valence-electron chi connectivity index (χ0n) is 11.6. The van der Waals surface area contributed by atoms with E-state index < -0.39 is 0 Å². The van der Waals surface area contributed by atoms with Gasteiger partial charge in [0.1, 0.15) is 0 Å². The van der Waals surface area contributed by atoms with Gasteiger partial charge >= 0.3 is 0 Å². The van der Waals surface area contributed by atoms with Crippen LogP contribution in [0, 0.1) is 11.8 Å². The van der Waals surface area contributed by atoms with Crippen molar-refractivity contribution in [3.8, 4) is 0 Å². The summed E-state index contributed by atoms with van der Waals surface area (Å²) in [6.45, 7) is 11.0. The Balaban J connectivity index is 2.13. The van der Waals surface area contributed by atoms with Crippen molar-refractivity contribution in [3.05, 3.63) is 12.7 Å². The summed E-state index contributed by atoms with van der Waals surface area (Å²) in [6.07, 6.45) is 8.40. The van der Waals surface area contributed by atoms with Crippen LogP contribution in [-0.4, -0.2) is 25.8 Å². The van der Waals surface area contributed by atoms with E-state index in [2.05, 4.69) is 25.7 Å². The van der Waals surface area contributed by atoms with Crippen LogP contribution in [-0.2, 0) is 4.74 Å². The van der Waals surface area contributed by atoms with Crippen LogP contribution in [0.3, 0.4) is 0 Å². The molecule has 1 saturated carbocycles. The molecule has 2 heteroatoms. The molecule has 1 rings (SSSR count). The molecule has 0 bridgehead atoms. The number of ether oxygens (including phenoxy) is 1. The minimum atomic E-state index is 0.715. The Kier molecular flexibility index (Phi) is 7.54. The highest BCUT2D eigenvalue weighted by molar-refractivity contribution is 4.82. The zero-order valence-corrected chi connectivity index (χ0v) is 11.6. The van der Waals surface area contributed by atoms with Gasteiger partial charge in [0.2, 0.25) is 0 Å². The van der Waals surface area contributed by atoms with Crippen molar-refractivity contribution < 1.29 is 4.74 Å². The van der Waals surface area contributed by atoms with E-state index in [4.69, 9.17) is 4.74 Å². The highest BCUT2D eigenvalue weighted by atomic mass is 16.5. The van der Waals surface area contributed by atoms with Crippen molar-refractivity contribution in [1.82, 2.24) is 5.32 Å². The third-order valence-corrected chi connectivity index (χ3v) is 3.79. The van der Waals surface area contributed by atoms with Crippen LogP contribution in [0.4, 0.5) is 0 Å². The minimum absolute atomic E-state index is 0.715. The molecule has 0 aromatic carbocycles. The summed E-state index contributed by atoms with van der Waals surface area (Å²) < 4.78 is 5.53. The van der Waals surface area contributed by atoms with Crippen LogP contribution < -0.4 is 5.32 Å². The first kappa shape index (κ1) is 14.7. The molecule has 0 heterocycles. The Morgan fingerprint density at radius 1 is 1.29 bits per heavy atom. The third kappa shape index (κ3) is 5.69. The van der Waals surface area contributed by atoms with Crippen LogP contribution >= 0.6 is 0 Å². The quantitative estimate of drug-likeness (QED) is 0.518. The first-order valence-electron chi connectivity index (χ1n) is 7.17. The van der Waals surface area contributed by atoms with Gasteiger partial charge in [-0.3, -0.25) is 0 Å². The summed E-state index contributed by atoms with van der Waals surface area (Å²) in [5, 5.41) is 3.68. The molecule has 0 saturated heterocycles. The number of hydrogen-bond acceptors (Lipinski definition) is 2. The molecule has 2 nitrogen and oxygen atoms in total. The summed E-state index contributed by atoms with van der Waals surface area (Å²) in [7, 11) is 0. The standard InChI is InChI=1S/C15H29NO/c1-4-5-11-17-12-10-16-15-9-7-6-8-14(15)13(2)3/h4,13-16H,1,5-12H2,2-3H3. The molecule has 1 aliphatic carbocycles. The lowest BCUT2D eigenvalue weighted by atomic mass is 9.78. The van der Waals surface area contributed by atoms with Crippen LogP contribution in [0.5, 0.6) is 0 Å². The van der Waals surface area contributed by atoms with E-state index in [-0.39, 0.29) is 0 Å². The summed E-state index contributed by atoms with van der Waals surface area (Å²) in [4.78, 5) is 0. The largest absolute Gasteiger partial charge is 0.380 e. The fraction of sp³-hybridized carbons (Fsp3) is 0.867. The molecule has 1 N–H and O–H groups in total. The maximum atomic E-state index is 5.53. The van der Waals surface area contributed by atoms with E-state index in [0.29, 0.717) is 6.04 Å². The second kappa shape index (κ2) is 8.71. The van der Waals surface area contributed by atoms with Crippen LogP contribution in [0.1, 0.15) is 46.0 Å². The van der Waals surface area contributed by atoms with Gasteiger partial charge < -0.3 is 10.1 Å². The maximum absolute atomic E-state index is 5.53. The summed E-state index contributed by atoms with van der Waals surface area (Å²) in [5.74, 6) is 1.66. The normalized spacial score (nSPS) is 25.1. The Morgan fingerprint density at radius 2 is 2.06 bits per heavy atom. The highest BCUT2D eigenvalue weighted by Gasteiger charge is 2.26. The van der Waals surface area contributed by atoms with Crippen molar-refractivity contribution in [1.29, 1.82) is 0 Å². The minimum Gasteiger partial charge on any atom is -0.380 e. The van der Waals surface area contributed by atoms with Crippen molar-refractivity contribution in [2.45, 2.75) is 52.0 Å². The van der Waals surface area contributed by atoms with Gasteiger partial charge in [0.15, 0.2) is 0 Å². The van der Waals surface area contributed by atoms with Gasteiger partial charge in [-0.2, -0.15) is 0 Å². The van der Waals surface area contributed by atoms with Crippen LogP contribution in [0.15, 0.2) is 12.7 Å². The third-order valence-electron chi connectivity index (χ3n) is 3.79. The predicted octanol–water partition coefficient (Wildman–Crippen LogP) is 3.38. The molecule has 17 heavy (non-hydrogen) atoms. The fourth-order valence-corrected chi connectivity index (χ4v) is 2.80. The van der Waals surface area contributed by atoms with Gasteiger partial charge in [0.05, 0.1) is 13.2 Å². The first-order valence-corrected chi connectivity index (χ1v) is 7.17. The molecule has 0 spiro atoms. The molecule has 1 fully saturated rings. The lowest BCUT2D eigenvalue weighted by molar-refractivity contribution is 0.127. The Bertz CT molecular complexity index is 203. The van der Waals surface area contributed by atoms with Gasteiger partial charge in [0.25, 0.3) is 0 Å². The fourth-order valence-electron chi connectivity index (χ4n) is 2.80. The molecular formula is C15H29NO. The second-order valence-electron chi connectivity index (χ2n) is 5.44. The lowest BCUT2D eigenvalue weighted by Gasteiger charge is -2.35. The molecule has 100 valence electrons. The number of rotatable bonds is 8. The summed E-state index contributed by atoms with van der Waals surface area (Å²) in [5.41, 5.74) is 0. The van der Waals surface area contributed by atoms with Crippen LogP contribution in [0.2, 0.25) is 0 Å². The number of nitrogens with one attached hydrogen (secondary N) is 1. The van der Waals surface area contributed by atoms with Crippen LogP contribution in [0.25, 0.3) is 0 Å². The van der Waals surface area contributed by atoms with Gasteiger partial charge in [0, 0.05) is 12.6 Å². The lowest BCUT2D eigenvalue weighted by Crippen LogP contribution is -2.42. The first-order chi connectivity index (χ1) is 8.25. The van der Waals surface area contributed by atoms with Gasteiger partial charge in [-0.1, -0.05) is 32.8 Å². The zero-order chi connectivity index (χ0) is 12.5. The SMILES string of the molecule is C=CCCOCCNC1CCCCC1C(C)C. The van der Waals surface area contributed by atoms with Gasteiger partial charge in [-0.05, 0) is 31.1 Å². The van der Waals surface area contributed by atoms with Gasteiger partial charge in [-0.15, -0.1) is 6.58 Å². The van der Waals surface area contributed by atoms with Gasteiger partial charge in [-0.25, -0.2) is 0 Å². The summed E-state index contributed by atoms with van der Waals surface area (Å²) in [6, 6.07) is 0.715. The molecule has 0 radical (unpaired) electrons. The molecule has 0 aromatic rings. The summed E-state index contributed by atoms with van der Waals surface area (Å²) >= 11 is 0. The van der Waals surface area contributed by atoms with E-state index >= 15 is 0 Å². The molecule has 2 atom stereocenters. The predicted molar refractivity (Wildman–Crippen MR) is 74.2 cm³/mol.